The molecule has 3 heteroatoms. The van der Waals surface area contributed by atoms with Gasteiger partial charge in [-0.15, -0.1) is 11.6 Å². The minimum atomic E-state index is 0.222. The highest BCUT2D eigenvalue weighted by atomic mass is 35.5. The number of ether oxygens (including phenoxy) is 2. The van der Waals surface area contributed by atoms with E-state index >= 15 is 0 Å². The molecule has 3 unspecified atom stereocenters. The van der Waals surface area contributed by atoms with E-state index < -0.39 is 0 Å². The SMILES string of the molecule is CC1OCCC1(CCl)CC1CCOC1. The Labute approximate surface area is 90.9 Å². The molecule has 0 aromatic heterocycles. The van der Waals surface area contributed by atoms with Gasteiger partial charge in [-0.3, -0.25) is 0 Å². The predicted molar refractivity (Wildman–Crippen MR) is 56.7 cm³/mol. The Hall–Kier alpha value is 0.210. The Morgan fingerprint density at radius 2 is 2.29 bits per heavy atom. The standard InChI is InChI=1S/C11H19ClO2/c1-9-11(8-12,3-5-14-9)6-10-2-4-13-7-10/h9-10H,2-8H2,1H3. The van der Waals surface area contributed by atoms with Gasteiger partial charge in [-0.2, -0.15) is 0 Å². The molecule has 0 aliphatic carbocycles. The Kier molecular flexibility index (Phi) is 3.35. The van der Waals surface area contributed by atoms with Crippen molar-refractivity contribution in [1.82, 2.24) is 0 Å². The molecule has 0 bridgehead atoms. The van der Waals surface area contributed by atoms with Gasteiger partial charge in [0.25, 0.3) is 0 Å². The van der Waals surface area contributed by atoms with Crippen molar-refractivity contribution in [2.75, 3.05) is 25.7 Å². The summed E-state index contributed by atoms with van der Waals surface area (Å²) in [7, 11) is 0. The van der Waals surface area contributed by atoms with Crippen LogP contribution in [0.1, 0.15) is 26.2 Å². The molecule has 0 aromatic carbocycles. The molecule has 2 heterocycles. The average molecular weight is 219 g/mol. The van der Waals surface area contributed by atoms with Gasteiger partial charge >= 0.3 is 0 Å². The molecule has 2 fully saturated rings. The first-order valence-corrected chi connectivity index (χ1v) is 6.05. The van der Waals surface area contributed by atoms with E-state index in [9.17, 15) is 0 Å². The van der Waals surface area contributed by atoms with E-state index in [1.54, 1.807) is 0 Å². The van der Waals surface area contributed by atoms with Crippen LogP contribution in [0.2, 0.25) is 0 Å². The normalized spacial score (nSPS) is 43.3. The molecular formula is C11H19ClO2. The van der Waals surface area contributed by atoms with Crippen molar-refractivity contribution in [2.45, 2.75) is 32.3 Å². The van der Waals surface area contributed by atoms with Crippen LogP contribution in [-0.4, -0.2) is 31.8 Å². The van der Waals surface area contributed by atoms with Crippen LogP contribution in [0.15, 0.2) is 0 Å². The number of alkyl halides is 1. The smallest absolute Gasteiger partial charge is 0.0615 e. The zero-order valence-corrected chi connectivity index (χ0v) is 9.55. The van der Waals surface area contributed by atoms with Gasteiger partial charge in [0.1, 0.15) is 0 Å². The second-order valence-corrected chi connectivity index (χ2v) is 4.96. The second kappa shape index (κ2) is 4.38. The van der Waals surface area contributed by atoms with Crippen molar-refractivity contribution in [1.29, 1.82) is 0 Å². The summed E-state index contributed by atoms with van der Waals surface area (Å²) in [6.07, 6.45) is 3.82. The molecular weight excluding hydrogens is 200 g/mol. The molecule has 0 saturated carbocycles. The fraction of sp³-hybridized carbons (Fsp3) is 1.00. The Morgan fingerprint density at radius 3 is 2.79 bits per heavy atom. The van der Waals surface area contributed by atoms with Crippen molar-refractivity contribution in [3.63, 3.8) is 0 Å². The van der Waals surface area contributed by atoms with Gasteiger partial charge in [0.05, 0.1) is 6.10 Å². The number of hydrogen-bond acceptors (Lipinski definition) is 2. The molecule has 2 saturated heterocycles. The summed E-state index contributed by atoms with van der Waals surface area (Å²) < 4.78 is 11.1. The fourth-order valence-electron chi connectivity index (χ4n) is 2.64. The lowest BCUT2D eigenvalue weighted by molar-refractivity contribution is 0.0591. The minimum absolute atomic E-state index is 0.222. The summed E-state index contributed by atoms with van der Waals surface area (Å²) in [6, 6.07) is 0. The summed E-state index contributed by atoms with van der Waals surface area (Å²) in [5, 5.41) is 0. The Balaban J connectivity index is 1.97. The molecule has 0 radical (unpaired) electrons. The van der Waals surface area contributed by atoms with Crippen LogP contribution in [-0.2, 0) is 9.47 Å². The minimum Gasteiger partial charge on any atom is -0.381 e. The fourth-order valence-corrected chi connectivity index (χ4v) is 3.10. The van der Waals surface area contributed by atoms with E-state index in [1.165, 1.54) is 12.8 Å². The molecule has 2 rings (SSSR count). The van der Waals surface area contributed by atoms with E-state index in [0.29, 0.717) is 12.0 Å². The second-order valence-electron chi connectivity index (χ2n) is 4.69. The van der Waals surface area contributed by atoms with Crippen LogP contribution in [0.5, 0.6) is 0 Å². The average Bonchev–Trinajstić information content (AvgIpc) is 2.79. The van der Waals surface area contributed by atoms with Crippen LogP contribution in [0.25, 0.3) is 0 Å². The van der Waals surface area contributed by atoms with Crippen LogP contribution in [0.4, 0.5) is 0 Å². The van der Waals surface area contributed by atoms with Crippen molar-refractivity contribution in [2.24, 2.45) is 11.3 Å². The van der Waals surface area contributed by atoms with Crippen LogP contribution < -0.4 is 0 Å². The lowest BCUT2D eigenvalue weighted by Gasteiger charge is -2.32. The molecule has 3 atom stereocenters. The molecule has 0 spiro atoms. The number of hydrogen-bond donors (Lipinski definition) is 0. The lowest BCUT2D eigenvalue weighted by Crippen LogP contribution is -2.33. The van der Waals surface area contributed by atoms with E-state index in [-0.39, 0.29) is 5.41 Å². The first-order chi connectivity index (χ1) is 6.77. The van der Waals surface area contributed by atoms with E-state index in [2.05, 4.69) is 6.92 Å². The van der Waals surface area contributed by atoms with Crippen molar-refractivity contribution in [3.05, 3.63) is 0 Å². The monoisotopic (exact) mass is 218 g/mol. The van der Waals surface area contributed by atoms with Gasteiger partial charge < -0.3 is 9.47 Å². The molecule has 2 aliphatic rings. The zero-order valence-electron chi connectivity index (χ0n) is 8.80. The maximum Gasteiger partial charge on any atom is 0.0615 e. The third-order valence-electron chi connectivity index (χ3n) is 3.82. The van der Waals surface area contributed by atoms with Gasteiger partial charge in [-0.05, 0) is 32.1 Å². The van der Waals surface area contributed by atoms with Crippen molar-refractivity contribution >= 4 is 11.6 Å². The van der Waals surface area contributed by atoms with Crippen LogP contribution >= 0.6 is 11.6 Å². The van der Waals surface area contributed by atoms with E-state index in [4.69, 9.17) is 21.1 Å². The van der Waals surface area contributed by atoms with E-state index in [1.807, 2.05) is 0 Å². The highest BCUT2D eigenvalue weighted by molar-refractivity contribution is 6.18. The summed E-state index contributed by atoms with van der Waals surface area (Å²) in [4.78, 5) is 0. The van der Waals surface area contributed by atoms with E-state index in [0.717, 1.165) is 32.1 Å². The topological polar surface area (TPSA) is 18.5 Å². The van der Waals surface area contributed by atoms with Gasteiger partial charge in [0, 0.05) is 31.1 Å². The molecule has 2 aliphatic heterocycles. The molecule has 0 N–H and O–H groups in total. The highest BCUT2D eigenvalue weighted by Crippen LogP contribution is 2.43. The first kappa shape index (κ1) is 10.7. The van der Waals surface area contributed by atoms with Crippen molar-refractivity contribution in [3.8, 4) is 0 Å². The van der Waals surface area contributed by atoms with Crippen LogP contribution in [0, 0.1) is 11.3 Å². The van der Waals surface area contributed by atoms with Gasteiger partial charge in [0.2, 0.25) is 0 Å². The summed E-state index contributed by atoms with van der Waals surface area (Å²) in [5.41, 5.74) is 0.222. The van der Waals surface area contributed by atoms with Gasteiger partial charge in [0.15, 0.2) is 0 Å². The number of halogens is 1. The molecule has 0 amide bonds. The largest absolute Gasteiger partial charge is 0.381 e. The zero-order chi connectivity index (χ0) is 10.0. The summed E-state index contributed by atoms with van der Waals surface area (Å²) >= 11 is 6.12. The van der Waals surface area contributed by atoms with Crippen LogP contribution in [0.3, 0.4) is 0 Å². The van der Waals surface area contributed by atoms with Crippen molar-refractivity contribution < 1.29 is 9.47 Å². The first-order valence-electron chi connectivity index (χ1n) is 5.52. The molecule has 82 valence electrons. The lowest BCUT2D eigenvalue weighted by atomic mass is 9.76. The Morgan fingerprint density at radius 1 is 1.43 bits per heavy atom. The summed E-state index contributed by atoms with van der Waals surface area (Å²) in [6.45, 7) is 4.89. The predicted octanol–water partition coefficient (Wildman–Crippen LogP) is 2.45. The third-order valence-corrected chi connectivity index (χ3v) is 4.35. The summed E-state index contributed by atoms with van der Waals surface area (Å²) in [5.74, 6) is 1.43. The highest BCUT2D eigenvalue weighted by Gasteiger charge is 2.42. The van der Waals surface area contributed by atoms with Gasteiger partial charge in [-0.25, -0.2) is 0 Å². The molecule has 2 nitrogen and oxygen atoms in total. The maximum absolute atomic E-state index is 6.12. The van der Waals surface area contributed by atoms with Gasteiger partial charge in [-0.1, -0.05) is 0 Å². The number of rotatable bonds is 3. The maximum atomic E-state index is 6.12. The molecule has 0 aromatic rings. The Bertz CT molecular complexity index is 192. The molecule has 14 heavy (non-hydrogen) atoms. The quantitative estimate of drug-likeness (QED) is 0.678. The third kappa shape index (κ3) is 1.93.